The molecule has 2 N–H and O–H groups in total. The normalized spacial score (nSPS) is 19.1. The van der Waals surface area contributed by atoms with E-state index >= 15 is 0 Å². The molecule has 2 rings (SSSR count). The second-order valence-electron chi connectivity index (χ2n) is 4.78. The van der Waals surface area contributed by atoms with Crippen LogP contribution in [-0.4, -0.2) is 48.7 Å². The highest BCUT2D eigenvalue weighted by Crippen LogP contribution is 2.36. The lowest BCUT2D eigenvalue weighted by molar-refractivity contribution is -0.118. The van der Waals surface area contributed by atoms with Gasteiger partial charge in [0.1, 0.15) is 12.6 Å². The number of aliphatic hydroxyl groups is 1. The zero-order valence-electron chi connectivity index (χ0n) is 10.8. The van der Waals surface area contributed by atoms with Gasteiger partial charge in [-0.1, -0.05) is 6.07 Å². The summed E-state index contributed by atoms with van der Waals surface area (Å²) in [5, 5.41) is 11.9. The van der Waals surface area contributed by atoms with Gasteiger partial charge in [0.25, 0.3) is 5.92 Å². The highest BCUT2D eigenvalue weighted by Gasteiger charge is 2.44. The van der Waals surface area contributed by atoms with E-state index in [1.807, 2.05) is 0 Å². The molecule has 1 aromatic carbocycles. The second kappa shape index (κ2) is 6.07. The number of piperazine rings is 1. The number of hydrogen-bond donors (Lipinski definition) is 2. The van der Waals surface area contributed by atoms with Crippen molar-refractivity contribution in [2.24, 2.45) is 0 Å². The van der Waals surface area contributed by atoms with Gasteiger partial charge < -0.3 is 10.4 Å². The van der Waals surface area contributed by atoms with E-state index < -0.39 is 30.2 Å². The Labute approximate surface area is 114 Å². The number of rotatable bonds is 4. The predicted molar refractivity (Wildman–Crippen MR) is 65.6 cm³/mol. The number of nitrogens with zero attached hydrogens (tertiary/aromatic N) is 1. The van der Waals surface area contributed by atoms with Gasteiger partial charge in [0.2, 0.25) is 0 Å². The molecule has 20 heavy (non-hydrogen) atoms. The number of halogens is 4. The van der Waals surface area contributed by atoms with E-state index in [2.05, 4.69) is 5.32 Å². The van der Waals surface area contributed by atoms with Crippen LogP contribution in [0.15, 0.2) is 18.2 Å². The molecule has 112 valence electrons. The van der Waals surface area contributed by atoms with E-state index in [0.717, 1.165) is 18.2 Å². The number of aliphatic hydroxyl groups excluding tert-OH is 1. The first-order chi connectivity index (χ1) is 9.45. The van der Waals surface area contributed by atoms with Crippen LogP contribution in [0.4, 0.5) is 17.6 Å². The molecule has 0 spiro atoms. The summed E-state index contributed by atoms with van der Waals surface area (Å²) in [4.78, 5) is 1.47. The van der Waals surface area contributed by atoms with Gasteiger partial charge in [-0.2, -0.15) is 0 Å². The van der Waals surface area contributed by atoms with Crippen LogP contribution in [-0.2, 0) is 0 Å². The molecule has 0 bridgehead atoms. The number of alkyl halides is 2. The molecule has 1 aliphatic rings. The highest BCUT2D eigenvalue weighted by atomic mass is 19.3. The van der Waals surface area contributed by atoms with Crippen molar-refractivity contribution in [2.75, 3.05) is 32.8 Å². The van der Waals surface area contributed by atoms with Crippen LogP contribution in [0.5, 0.6) is 0 Å². The predicted octanol–water partition coefficient (Wildman–Crippen LogP) is 1.54. The minimum atomic E-state index is -3.43. The van der Waals surface area contributed by atoms with Gasteiger partial charge in [-0.3, -0.25) is 4.90 Å². The smallest absolute Gasteiger partial charge is 0.289 e. The molecule has 0 radical (unpaired) electrons. The largest absolute Gasteiger partial charge is 0.390 e. The van der Waals surface area contributed by atoms with Crippen molar-refractivity contribution in [3.8, 4) is 0 Å². The van der Waals surface area contributed by atoms with Crippen LogP contribution in [0.2, 0.25) is 0 Å². The number of nitrogens with one attached hydrogen (secondary N) is 1. The van der Waals surface area contributed by atoms with Crippen LogP contribution in [0.1, 0.15) is 11.6 Å². The molecule has 1 aromatic rings. The zero-order chi connectivity index (χ0) is 14.8. The van der Waals surface area contributed by atoms with Crippen molar-refractivity contribution < 1.29 is 22.7 Å². The van der Waals surface area contributed by atoms with Crippen molar-refractivity contribution in [1.82, 2.24) is 10.2 Å². The average Bonchev–Trinajstić information content (AvgIpc) is 2.44. The van der Waals surface area contributed by atoms with E-state index in [1.165, 1.54) is 4.90 Å². The van der Waals surface area contributed by atoms with Crippen LogP contribution in [0.25, 0.3) is 0 Å². The van der Waals surface area contributed by atoms with Crippen LogP contribution >= 0.6 is 0 Å². The molecule has 3 nitrogen and oxygen atoms in total. The van der Waals surface area contributed by atoms with Gasteiger partial charge in [-0.25, -0.2) is 17.6 Å². The molecule has 1 aliphatic heterocycles. The summed E-state index contributed by atoms with van der Waals surface area (Å²) in [6, 6.07) is 1.26. The van der Waals surface area contributed by atoms with E-state index in [4.69, 9.17) is 5.11 Å². The fraction of sp³-hybridized carbons (Fsp3) is 0.538. The van der Waals surface area contributed by atoms with E-state index in [9.17, 15) is 17.6 Å². The third-order valence-electron chi connectivity index (χ3n) is 3.39. The topological polar surface area (TPSA) is 35.5 Å². The minimum absolute atomic E-state index is 0.0372. The molecule has 0 aliphatic carbocycles. The monoisotopic (exact) mass is 292 g/mol. The third-order valence-corrected chi connectivity index (χ3v) is 3.39. The maximum Gasteiger partial charge on any atom is 0.289 e. The molecule has 1 saturated heterocycles. The molecule has 0 saturated carbocycles. The van der Waals surface area contributed by atoms with Crippen LogP contribution in [0.3, 0.4) is 0 Å². The maximum absolute atomic E-state index is 14.0. The Hall–Kier alpha value is -1.18. The first kappa shape index (κ1) is 15.2. The van der Waals surface area contributed by atoms with Gasteiger partial charge in [0.15, 0.2) is 11.6 Å². The third kappa shape index (κ3) is 3.11. The van der Waals surface area contributed by atoms with Crippen molar-refractivity contribution in [2.45, 2.75) is 12.0 Å². The maximum atomic E-state index is 14.0. The van der Waals surface area contributed by atoms with E-state index in [0.29, 0.717) is 26.2 Å². The Morgan fingerprint density at radius 1 is 1.20 bits per heavy atom. The first-order valence-electron chi connectivity index (χ1n) is 6.34. The summed E-state index contributed by atoms with van der Waals surface area (Å²) < 4.78 is 54.2. The Morgan fingerprint density at radius 3 is 2.40 bits per heavy atom. The lowest BCUT2D eigenvalue weighted by Crippen LogP contribution is -2.51. The summed E-state index contributed by atoms with van der Waals surface area (Å²) in [5.41, 5.74) is -0.0372. The molecular weight excluding hydrogens is 276 g/mol. The van der Waals surface area contributed by atoms with E-state index in [-0.39, 0.29) is 5.56 Å². The van der Waals surface area contributed by atoms with Gasteiger partial charge in [0, 0.05) is 26.2 Å². The highest BCUT2D eigenvalue weighted by molar-refractivity contribution is 5.24. The summed E-state index contributed by atoms with van der Waals surface area (Å²) in [7, 11) is 0. The SMILES string of the molecule is OCC(F)(F)[C@H](c1ccc(F)c(F)c1)N1CCNCC1. The second-order valence-corrected chi connectivity index (χ2v) is 4.78. The van der Waals surface area contributed by atoms with Crippen molar-refractivity contribution >= 4 is 0 Å². The summed E-state index contributed by atoms with van der Waals surface area (Å²) >= 11 is 0. The van der Waals surface area contributed by atoms with Crippen molar-refractivity contribution in [3.05, 3.63) is 35.4 Å². The minimum Gasteiger partial charge on any atom is -0.390 e. The number of hydrogen-bond acceptors (Lipinski definition) is 3. The molecular formula is C13H16F4N2O. The lowest BCUT2D eigenvalue weighted by atomic mass is 9.98. The van der Waals surface area contributed by atoms with Gasteiger partial charge >= 0.3 is 0 Å². The average molecular weight is 292 g/mol. The molecule has 1 fully saturated rings. The Balaban J connectivity index is 2.36. The Kier molecular flexibility index (Phi) is 4.62. The Bertz CT molecular complexity index is 464. The standard InChI is InChI=1S/C13H16F4N2O/c14-10-2-1-9(7-11(10)15)12(13(16,17)8-20)19-5-3-18-4-6-19/h1-2,7,12,18,20H,3-6,8H2/t12-/m0/s1. The van der Waals surface area contributed by atoms with Crippen molar-refractivity contribution in [3.63, 3.8) is 0 Å². The van der Waals surface area contributed by atoms with Gasteiger partial charge in [-0.05, 0) is 17.7 Å². The Morgan fingerprint density at radius 2 is 1.85 bits per heavy atom. The van der Waals surface area contributed by atoms with E-state index in [1.54, 1.807) is 0 Å². The van der Waals surface area contributed by atoms with Crippen LogP contribution in [0, 0.1) is 11.6 Å². The summed E-state index contributed by atoms with van der Waals surface area (Å²) in [6.45, 7) is 0.405. The van der Waals surface area contributed by atoms with Gasteiger partial charge in [-0.15, -0.1) is 0 Å². The summed E-state index contributed by atoms with van der Waals surface area (Å²) in [5.74, 6) is -5.68. The fourth-order valence-corrected chi connectivity index (χ4v) is 2.43. The molecule has 1 heterocycles. The molecule has 0 unspecified atom stereocenters. The molecule has 1 atom stereocenters. The number of benzene rings is 1. The van der Waals surface area contributed by atoms with Gasteiger partial charge in [0.05, 0.1) is 0 Å². The molecule has 0 aromatic heterocycles. The molecule has 0 amide bonds. The molecule has 7 heteroatoms. The van der Waals surface area contributed by atoms with Crippen LogP contribution < -0.4 is 5.32 Å². The zero-order valence-corrected chi connectivity index (χ0v) is 10.8. The summed E-state index contributed by atoms with van der Waals surface area (Å²) in [6.07, 6.45) is 0. The lowest BCUT2D eigenvalue weighted by Gasteiger charge is -2.38. The fourth-order valence-electron chi connectivity index (χ4n) is 2.43. The first-order valence-corrected chi connectivity index (χ1v) is 6.34. The quantitative estimate of drug-likeness (QED) is 0.826. The van der Waals surface area contributed by atoms with Crippen molar-refractivity contribution in [1.29, 1.82) is 0 Å².